The molecule has 0 saturated heterocycles. The first-order valence-electron chi connectivity index (χ1n) is 9.25. The molecule has 0 saturated carbocycles. The number of carbonyl (C=O) groups is 1. The highest BCUT2D eigenvalue weighted by molar-refractivity contribution is 7.88. The van der Waals surface area contributed by atoms with E-state index in [0.29, 0.717) is 28.0 Å². The van der Waals surface area contributed by atoms with Crippen molar-refractivity contribution < 1.29 is 22.4 Å². The summed E-state index contributed by atoms with van der Waals surface area (Å²) in [7, 11) is 0.889. The third-order valence-electron chi connectivity index (χ3n) is 4.68. The van der Waals surface area contributed by atoms with Crippen molar-refractivity contribution in [3.8, 4) is 10.6 Å². The summed E-state index contributed by atoms with van der Waals surface area (Å²) in [5.41, 5.74) is 2.22. The second kappa shape index (κ2) is 7.91. The van der Waals surface area contributed by atoms with Crippen LogP contribution in [0.3, 0.4) is 0 Å². The number of hydrogen-bond acceptors (Lipinski definition) is 8. The third kappa shape index (κ3) is 3.87. The first-order valence-corrected chi connectivity index (χ1v) is 11.6. The van der Waals surface area contributed by atoms with Gasteiger partial charge in [0.25, 0.3) is 10.0 Å². The van der Waals surface area contributed by atoms with Crippen LogP contribution in [0.15, 0.2) is 45.2 Å². The van der Waals surface area contributed by atoms with Crippen LogP contribution in [0.1, 0.15) is 21.8 Å². The lowest BCUT2D eigenvalue weighted by Crippen LogP contribution is -2.21. The van der Waals surface area contributed by atoms with Crippen LogP contribution in [0, 0.1) is 6.92 Å². The van der Waals surface area contributed by atoms with Crippen LogP contribution < -0.4 is 0 Å². The van der Waals surface area contributed by atoms with Crippen LogP contribution in [0.25, 0.3) is 21.6 Å². The molecule has 0 fully saturated rings. The van der Waals surface area contributed by atoms with Gasteiger partial charge in [-0.3, -0.25) is 4.68 Å². The second-order valence-electron chi connectivity index (χ2n) is 7.02. The Labute approximate surface area is 182 Å². The Morgan fingerprint density at radius 1 is 1.29 bits per heavy atom. The number of furan rings is 1. The lowest BCUT2D eigenvalue weighted by molar-refractivity contribution is 0.0443. The zero-order valence-corrected chi connectivity index (χ0v) is 19.0. The molecular formula is C20H20N4O5S2. The Morgan fingerprint density at radius 2 is 2.06 bits per heavy atom. The van der Waals surface area contributed by atoms with Crippen LogP contribution in [0.5, 0.6) is 0 Å². The van der Waals surface area contributed by atoms with E-state index in [0.717, 1.165) is 9.18 Å². The number of esters is 1. The summed E-state index contributed by atoms with van der Waals surface area (Å²) < 4.78 is 37.8. The van der Waals surface area contributed by atoms with Crippen molar-refractivity contribution >= 4 is 38.4 Å². The summed E-state index contributed by atoms with van der Waals surface area (Å²) in [6, 6.07) is 8.33. The smallest absolute Gasteiger partial charge is 0.339 e. The molecule has 0 N–H and O–H groups in total. The number of thiophene rings is 1. The number of hydrogen-bond donors (Lipinski definition) is 0. The van der Waals surface area contributed by atoms with Gasteiger partial charge in [-0.2, -0.15) is 5.10 Å². The fourth-order valence-corrected chi connectivity index (χ4v) is 4.62. The molecule has 0 atom stereocenters. The van der Waals surface area contributed by atoms with Gasteiger partial charge in [0.15, 0.2) is 5.65 Å². The average molecular weight is 461 g/mol. The summed E-state index contributed by atoms with van der Waals surface area (Å²) >= 11 is 1.52. The number of nitrogens with zero attached hydrogens (tertiary/aromatic N) is 4. The molecular weight excluding hydrogens is 440 g/mol. The molecule has 4 aromatic heterocycles. The predicted molar refractivity (Wildman–Crippen MR) is 115 cm³/mol. The second-order valence-corrected chi connectivity index (χ2v) is 10.1. The van der Waals surface area contributed by atoms with Crippen molar-refractivity contribution in [1.29, 1.82) is 0 Å². The number of aryl methyl sites for hydroxylation is 2. The minimum Gasteiger partial charge on any atom is -0.454 e. The maximum atomic E-state index is 13.0. The van der Waals surface area contributed by atoms with E-state index in [4.69, 9.17) is 9.15 Å². The molecule has 11 heteroatoms. The quantitative estimate of drug-likeness (QED) is 0.407. The average Bonchev–Trinajstić information content (AvgIpc) is 3.47. The molecule has 0 aliphatic carbocycles. The maximum absolute atomic E-state index is 13.0. The molecule has 0 radical (unpaired) electrons. The van der Waals surface area contributed by atoms with Crippen molar-refractivity contribution in [2.24, 2.45) is 7.05 Å². The molecule has 0 aliphatic rings. The van der Waals surface area contributed by atoms with Crippen molar-refractivity contribution in [1.82, 2.24) is 19.1 Å². The molecule has 0 unspecified atom stereocenters. The van der Waals surface area contributed by atoms with Gasteiger partial charge in [0, 0.05) is 21.1 Å². The zero-order chi connectivity index (χ0) is 22.3. The topological polar surface area (TPSA) is 108 Å². The lowest BCUT2D eigenvalue weighted by Gasteiger charge is -2.08. The van der Waals surface area contributed by atoms with Crippen molar-refractivity contribution in [3.05, 3.63) is 52.7 Å². The van der Waals surface area contributed by atoms with E-state index in [1.54, 1.807) is 24.7 Å². The molecule has 4 aromatic rings. The van der Waals surface area contributed by atoms with Gasteiger partial charge in [-0.25, -0.2) is 22.5 Å². The van der Waals surface area contributed by atoms with Crippen molar-refractivity contribution in [3.63, 3.8) is 0 Å². The Kier molecular flexibility index (Phi) is 5.42. The van der Waals surface area contributed by atoms with Gasteiger partial charge in [0.1, 0.15) is 12.4 Å². The monoisotopic (exact) mass is 460 g/mol. The first kappa shape index (κ1) is 21.2. The number of aromatic nitrogens is 3. The van der Waals surface area contributed by atoms with Gasteiger partial charge < -0.3 is 9.15 Å². The molecule has 162 valence electrons. The van der Waals surface area contributed by atoms with Crippen molar-refractivity contribution in [2.75, 3.05) is 14.1 Å². The predicted octanol–water partition coefficient (Wildman–Crippen LogP) is 3.21. The molecule has 31 heavy (non-hydrogen) atoms. The largest absolute Gasteiger partial charge is 0.454 e. The highest BCUT2D eigenvalue weighted by atomic mass is 32.2. The van der Waals surface area contributed by atoms with E-state index in [9.17, 15) is 13.2 Å². The number of carbonyl (C=O) groups excluding carboxylic acids is 1. The Morgan fingerprint density at radius 3 is 2.74 bits per heavy atom. The van der Waals surface area contributed by atoms with Crippen LogP contribution >= 0.6 is 11.3 Å². The number of ether oxygens (including phenoxy) is 1. The fraction of sp³-hybridized carbons (Fsp3) is 0.250. The van der Waals surface area contributed by atoms with E-state index in [-0.39, 0.29) is 17.5 Å². The Bertz CT molecular complexity index is 1370. The summed E-state index contributed by atoms with van der Waals surface area (Å²) in [6.07, 6.45) is 0. The third-order valence-corrected chi connectivity index (χ3v) is 7.26. The lowest BCUT2D eigenvalue weighted by atomic mass is 10.1. The van der Waals surface area contributed by atoms with Gasteiger partial charge in [0.05, 0.1) is 27.2 Å². The molecule has 4 heterocycles. The Balaban J connectivity index is 1.65. The van der Waals surface area contributed by atoms with E-state index < -0.39 is 16.0 Å². The Hall–Kier alpha value is -3.02. The van der Waals surface area contributed by atoms with Gasteiger partial charge in [-0.05, 0) is 36.6 Å². The number of pyridine rings is 1. The van der Waals surface area contributed by atoms with Crippen molar-refractivity contribution in [2.45, 2.75) is 18.6 Å². The molecule has 0 aromatic carbocycles. The normalized spacial score (nSPS) is 12.0. The number of sulfonamides is 1. The SMILES string of the molecule is Cc1nn(C)c2nc(-c3cccs3)cc(C(=O)OCc3ccc(S(=O)(=O)N(C)C)o3)c12. The molecule has 4 rings (SSSR count). The standard InChI is InChI=1S/C20H20N4O5S2/c1-12-18-14(10-15(16-6-5-9-30-16)21-19(18)24(4)22-12)20(25)28-11-13-7-8-17(29-13)31(26,27)23(2)3/h5-10H,11H2,1-4H3. The maximum Gasteiger partial charge on any atom is 0.339 e. The summed E-state index contributed by atoms with van der Waals surface area (Å²) in [5, 5.41) is 6.72. The molecule has 9 nitrogen and oxygen atoms in total. The zero-order valence-electron chi connectivity index (χ0n) is 17.3. The summed E-state index contributed by atoms with van der Waals surface area (Å²) in [5.74, 6) is -0.352. The number of rotatable bonds is 6. The molecule has 0 spiro atoms. The van der Waals surface area contributed by atoms with Crippen LogP contribution in [0.4, 0.5) is 0 Å². The van der Waals surface area contributed by atoms with Crippen LogP contribution in [-0.2, 0) is 28.4 Å². The van der Waals surface area contributed by atoms with Gasteiger partial charge >= 0.3 is 5.97 Å². The van der Waals surface area contributed by atoms with Gasteiger partial charge in [-0.15, -0.1) is 11.3 Å². The fourth-order valence-electron chi connectivity index (χ4n) is 3.13. The molecule has 0 bridgehead atoms. The minimum absolute atomic E-state index is 0.209. The van der Waals surface area contributed by atoms with E-state index >= 15 is 0 Å². The van der Waals surface area contributed by atoms with Crippen LogP contribution in [-0.4, -0.2) is 47.6 Å². The van der Waals surface area contributed by atoms with E-state index in [1.165, 1.54) is 37.6 Å². The van der Waals surface area contributed by atoms with Crippen LogP contribution in [0.2, 0.25) is 0 Å². The summed E-state index contributed by atoms with van der Waals surface area (Å²) in [6.45, 7) is 1.59. The van der Waals surface area contributed by atoms with Gasteiger partial charge in [0.2, 0.25) is 5.09 Å². The molecule has 0 aliphatic heterocycles. The highest BCUT2D eigenvalue weighted by Gasteiger charge is 2.23. The van der Waals surface area contributed by atoms with Gasteiger partial charge in [-0.1, -0.05) is 6.07 Å². The number of fused-ring (bicyclic) bond motifs is 1. The minimum atomic E-state index is -3.70. The van der Waals surface area contributed by atoms with E-state index in [1.807, 2.05) is 17.5 Å². The van der Waals surface area contributed by atoms with E-state index in [2.05, 4.69) is 10.1 Å². The summed E-state index contributed by atoms with van der Waals surface area (Å²) in [4.78, 5) is 18.6. The first-order chi connectivity index (χ1) is 14.7. The molecule has 0 amide bonds. The highest BCUT2D eigenvalue weighted by Crippen LogP contribution is 2.30.